The minimum Gasteiger partial charge on any atom is -0.315 e. The van der Waals surface area contributed by atoms with E-state index in [4.69, 9.17) is 20.9 Å². The van der Waals surface area contributed by atoms with Crippen molar-refractivity contribution in [3.8, 4) is 0 Å². The zero-order chi connectivity index (χ0) is 13.5. The van der Waals surface area contributed by atoms with Crippen LogP contribution < -0.4 is 5.09 Å². The van der Waals surface area contributed by atoms with Gasteiger partial charge in [0.25, 0.3) is 6.64 Å². The number of nitrogens with zero attached hydrogens (tertiary/aromatic N) is 1. The smallest absolute Gasteiger partial charge is 0.261 e. The lowest BCUT2D eigenvalue weighted by atomic mass is 10.4. The summed E-state index contributed by atoms with van der Waals surface area (Å²) in [5, 5.41) is 3.27. The van der Waals surface area contributed by atoms with Crippen molar-refractivity contribution in [2.75, 3.05) is 27.2 Å². The molecule has 0 aliphatic carbocycles. The molecule has 0 heterocycles. The van der Waals surface area contributed by atoms with Crippen molar-refractivity contribution in [3.63, 3.8) is 0 Å². The highest BCUT2D eigenvalue weighted by molar-refractivity contribution is 8.09. The summed E-state index contributed by atoms with van der Waals surface area (Å²) in [5.74, 6) is 0. The lowest BCUT2D eigenvalue weighted by Crippen LogP contribution is -2.23. The minimum absolute atomic E-state index is 0.0842. The van der Waals surface area contributed by atoms with Crippen LogP contribution in [0.5, 0.6) is 0 Å². The minimum atomic E-state index is -2.33. The van der Waals surface area contributed by atoms with E-state index in [-0.39, 0.29) is 12.2 Å². The highest BCUT2D eigenvalue weighted by atomic mass is 32.5. The summed E-state index contributed by atoms with van der Waals surface area (Å²) in [7, 11) is 4.12. The predicted octanol–water partition coefficient (Wildman–Crippen LogP) is 2.60. The highest BCUT2D eigenvalue weighted by Crippen LogP contribution is 2.46. The Balaban J connectivity index is 4.15. The van der Waals surface area contributed by atoms with Crippen LogP contribution in [0.4, 0.5) is 0 Å². The van der Waals surface area contributed by atoms with Crippen molar-refractivity contribution in [1.29, 1.82) is 0 Å². The largest absolute Gasteiger partial charge is 0.315 e. The molecule has 0 atom stereocenters. The fourth-order valence-electron chi connectivity index (χ4n) is 1.27. The van der Waals surface area contributed by atoms with Crippen LogP contribution >= 0.6 is 6.64 Å². The Morgan fingerprint density at radius 1 is 1.12 bits per heavy atom. The SMILES string of the molecule is CC(C)OP(=S)(NCCCN(C)C)OC(C)C. The molecule has 0 saturated carbocycles. The Morgan fingerprint density at radius 3 is 1.94 bits per heavy atom. The molecule has 0 unspecified atom stereocenters. The summed E-state index contributed by atoms with van der Waals surface area (Å²) in [6, 6.07) is 0. The number of rotatable bonds is 9. The van der Waals surface area contributed by atoms with Crippen LogP contribution in [0.3, 0.4) is 0 Å². The highest BCUT2D eigenvalue weighted by Gasteiger charge is 2.21. The van der Waals surface area contributed by atoms with Crippen LogP contribution in [0.1, 0.15) is 34.1 Å². The summed E-state index contributed by atoms with van der Waals surface area (Å²) in [6.07, 6.45) is 1.20. The second kappa shape index (κ2) is 8.57. The first-order chi connectivity index (χ1) is 7.75. The molecule has 1 N–H and O–H groups in total. The van der Waals surface area contributed by atoms with E-state index >= 15 is 0 Å². The molecule has 0 aliphatic heterocycles. The quantitative estimate of drug-likeness (QED) is 0.519. The first-order valence-electron chi connectivity index (χ1n) is 6.12. The van der Waals surface area contributed by atoms with E-state index < -0.39 is 6.64 Å². The van der Waals surface area contributed by atoms with Gasteiger partial charge in [0.1, 0.15) is 0 Å². The molecular weight excluding hydrogens is 255 g/mol. The lowest BCUT2D eigenvalue weighted by molar-refractivity contribution is 0.169. The van der Waals surface area contributed by atoms with E-state index in [0.717, 1.165) is 19.5 Å². The van der Waals surface area contributed by atoms with Crippen LogP contribution in [0.2, 0.25) is 0 Å². The molecule has 0 saturated heterocycles. The van der Waals surface area contributed by atoms with E-state index in [9.17, 15) is 0 Å². The Labute approximate surface area is 111 Å². The maximum atomic E-state index is 5.73. The van der Waals surface area contributed by atoms with Crippen molar-refractivity contribution < 1.29 is 9.05 Å². The van der Waals surface area contributed by atoms with Gasteiger partial charge < -0.3 is 13.9 Å². The molecule has 0 radical (unpaired) electrons. The van der Waals surface area contributed by atoms with Crippen molar-refractivity contribution in [3.05, 3.63) is 0 Å². The fourth-order valence-corrected chi connectivity index (χ4v) is 4.31. The third-order valence-corrected chi connectivity index (χ3v) is 4.70. The zero-order valence-electron chi connectivity index (χ0n) is 11.9. The number of nitrogens with one attached hydrogen (secondary N) is 1. The molecule has 0 aliphatic rings. The zero-order valence-corrected chi connectivity index (χ0v) is 13.6. The van der Waals surface area contributed by atoms with E-state index in [1.807, 2.05) is 27.7 Å². The van der Waals surface area contributed by atoms with Crippen LogP contribution in [0, 0.1) is 0 Å². The molecule has 104 valence electrons. The van der Waals surface area contributed by atoms with Crippen molar-refractivity contribution >= 4 is 18.4 Å². The maximum Gasteiger partial charge on any atom is 0.261 e. The summed E-state index contributed by atoms with van der Waals surface area (Å²) < 4.78 is 11.5. The molecule has 0 fully saturated rings. The number of hydrogen-bond acceptors (Lipinski definition) is 4. The van der Waals surface area contributed by atoms with Gasteiger partial charge in [-0.05, 0) is 66.6 Å². The molecule has 0 aromatic carbocycles. The van der Waals surface area contributed by atoms with Crippen molar-refractivity contribution in [1.82, 2.24) is 9.99 Å². The summed E-state index contributed by atoms with van der Waals surface area (Å²) in [5.41, 5.74) is 0. The first-order valence-corrected chi connectivity index (χ1v) is 8.75. The van der Waals surface area contributed by atoms with E-state index in [0.29, 0.717) is 0 Å². The van der Waals surface area contributed by atoms with Gasteiger partial charge in [-0.15, -0.1) is 0 Å². The Hall–Kier alpha value is 0.490. The van der Waals surface area contributed by atoms with Gasteiger partial charge in [-0.25, -0.2) is 5.09 Å². The standard InChI is InChI=1S/C11H27N2O2PS/c1-10(2)14-16(17,15-11(3)4)12-8-7-9-13(5)6/h10-11H,7-9H2,1-6H3,(H,12,17). The van der Waals surface area contributed by atoms with Gasteiger partial charge in [-0.2, -0.15) is 0 Å². The third kappa shape index (κ3) is 10.1. The van der Waals surface area contributed by atoms with Crippen LogP contribution in [-0.2, 0) is 20.9 Å². The molecule has 4 nitrogen and oxygen atoms in total. The molecule has 0 aromatic heterocycles. The van der Waals surface area contributed by atoms with Gasteiger partial charge in [0, 0.05) is 6.54 Å². The van der Waals surface area contributed by atoms with Gasteiger partial charge >= 0.3 is 0 Å². The average Bonchev–Trinajstić information content (AvgIpc) is 2.09. The van der Waals surface area contributed by atoms with E-state index in [2.05, 4.69) is 24.1 Å². The van der Waals surface area contributed by atoms with Gasteiger partial charge in [0.2, 0.25) is 0 Å². The second-order valence-electron chi connectivity index (χ2n) is 4.87. The van der Waals surface area contributed by atoms with Gasteiger partial charge in [0.15, 0.2) is 0 Å². The molecule has 0 rings (SSSR count). The molecule has 0 bridgehead atoms. The normalized spacial score (nSPS) is 13.0. The first kappa shape index (κ1) is 17.5. The van der Waals surface area contributed by atoms with Crippen LogP contribution in [0.15, 0.2) is 0 Å². The number of hydrogen-bond donors (Lipinski definition) is 1. The molecule has 6 heteroatoms. The average molecular weight is 282 g/mol. The fraction of sp³-hybridized carbons (Fsp3) is 1.00. The monoisotopic (exact) mass is 282 g/mol. The molecule has 0 spiro atoms. The van der Waals surface area contributed by atoms with Crippen LogP contribution in [0.25, 0.3) is 0 Å². The molecular formula is C11H27N2O2PS. The van der Waals surface area contributed by atoms with Gasteiger partial charge in [0.05, 0.1) is 12.2 Å². The van der Waals surface area contributed by atoms with Crippen LogP contribution in [-0.4, -0.2) is 44.3 Å². The lowest BCUT2D eigenvalue weighted by Gasteiger charge is -2.27. The summed E-state index contributed by atoms with van der Waals surface area (Å²) >= 11 is 5.48. The molecule has 0 amide bonds. The van der Waals surface area contributed by atoms with E-state index in [1.165, 1.54) is 0 Å². The molecule has 17 heavy (non-hydrogen) atoms. The van der Waals surface area contributed by atoms with Crippen molar-refractivity contribution in [2.24, 2.45) is 0 Å². The Kier molecular flexibility index (Phi) is 8.81. The van der Waals surface area contributed by atoms with Crippen molar-refractivity contribution in [2.45, 2.75) is 46.3 Å². The maximum absolute atomic E-state index is 5.73. The topological polar surface area (TPSA) is 33.7 Å². The van der Waals surface area contributed by atoms with E-state index in [1.54, 1.807) is 0 Å². The Morgan fingerprint density at radius 2 is 1.59 bits per heavy atom. The Bertz CT molecular complexity index is 234. The van der Waals surface area contributed by atoms with Gasteiger partial charge in [-0.1, -0.05) is 0 Å². The second-order valence-corrected chi connectivity index (χ2v) is 8.05. The van der Waals surface area contributed by atoms with Gasteiger partial charge in [-0.3, -0.25) is 0 Å². The predicted molar refractivity (Wildman–Crippen MR) is 77.9 cm³/mol. The molecule has 0 aromatic rings. The summed E-state index contributed by atoms with van der Waals surface area (Å²) in [6.45, 7) is 7.45. The summed E-state index contributed by atoms with van der Waals surface area (Å²) in [4.78, 5) is 2.15. The third-order valence-electron chi connectivity index (χ3n) is 1.79.